The number of hydrogen-bond donors (Lipinski definition) is 1. The van der Waals surface area contributed by atoms with Gasteiger partial charge in [-0.25, -0.2) is 13.1 Å². The summed E-state index contributed by atoms with van der Waals surface area (Å²) in [5.74, 6) is 0.567. The van der Waals surface area contributed by atoms with Gasteiger partial charge in [0, 0.05) is 19.2 Å². The van der Waals surface area contributed by atoms with Gasteiger partial charge in [0.1, 0.15) is 0 Å². The SMILES string of the molecule is COc1ccc(S(=O)(=O)NCC(=O)N2CCCCCC2)cc1OC. The van der Waals surface area contributed by atoms with Crippen molar-refractivity contribution in [2.24, 2.45) is 0 Å². The molecular formula is C16H24N2O5S. The fourth-order valence-corrected chi connectivity index (χ4v) is 3.65. The molecule has 1 aliphatic rings. The molecule has 1 aromatic carbocycles. The maximum atomic E-state index is 12.4. The van der Waals surface area contributed by atoms with Gasteiger partial charge in [0.25, 0.3) is 0 Å². The molecule has 0 aliphatic carbocycles. The van der Waals surface area contributed by atoms with E-state index in [1.165, 1.54) is 32.4 Å². The Morgan fingerprint density at radius 2 is 1.71 bits per heavy atom. The van der Waals surface area contributed by atoms with Crippen LogP contribution in [0.15, 0.2) is 23.1 Å². The van der Waals surface area contributed by atoms with Crippen LogP contribution in [0.1, 0.15) is 25.7 Å². The molecule has 0 saturated carbocycles. The molecule has 8 heteroatoms. The van der Waals surface area contributed by atoms with Gasteiger partial charge in [-0.1, -0.05) is 12.8 Å². The standard InChI is InChI=1S/C16H24N2O5S/c1-22-14-8-7-13(11-15(14)23-2)24(20,21)17-12-16(19)18-9-5-3-4-6-10-18/h7-8,11,17H,3-6,9-10,12H2,1-2H3. The van der Waals surface area contributed by atoms with E-state index in [2.05, 4.69) is 4.72 Å². The van der Waals surface area contributed by atoms with E-state index in [1.54, 1.807) is 4.90 Å². The van der Waals surface area contributed by atoms with E-state index in [0.717, 1.165) is 25.7 Å². The number of hydrogen-bond acceptors (Lipinski definition) is 5. The van der Waals surface area contributed by atoms with Crippen molar-refractivity contribution in [1.29, 1.82) is 0 Å². The molecule has 1 amide bonds. The van der Waals surface area contributed by atoms with Gasteiger partial charge in [-0.15, -0.1) is 0 Å². The fraction of sp³-hybridized carbons (Fsp3) is 0.562. The molecule has 0 spiro atoms. The Bertz CT molecular complexity index is 667. The Balaban J connectivity index is 2.04. The van der Waals surface area contributed by atoms with Crippen molar-refractivity contribution < 1.29 is 22.7 Å². The van der Waals surface area contributed by atoms with Gasteiger partial charge < -0.3 is 14.4 Å². The van der Waals surface area contributed by atoms with Crippen molar-refractivity contribution >= 4 is 15.9 Å². The first-order valence-corrected chi connectivity index (χ1v) is 9.45. The maximum Gasteiger partial charge on any atom is 0.241 e. The van der Waals surface area contributed by atoms with Gasteiger partial charge in [0.2, 0.25) is 15.9 Å². The number of amides is 1. The van der Waals surface area contributed by atoms with Gasteiger partial charge in [-0.05, 0) is 25.0 Å². The van der Waals surface area contributed by atoms with E-state index in [-0.39, 0.29) is 17.3 Å². The van der Waals surface area contributed by atoms with Crippen LogP contribution in [-0.2, 0) is 14.8 Å². The lowest BCUT2D eigenvalue weighted by Gasteiger charge is -2.20. The molecule has 24 heavy (non-hydrogen) atoms. The quantitative estimate of drug-likeness (QED) is 0.832. The van der Waals surface area contributed by atoms with E-state index >= 15 is 0 Å². The third kappa shape index (κ3) is 4.61. The molecule has 2 rings (SSSR count). The highest BCUT2D eigenvalue weighted by molar-refractivity contribution is 7.89. The molecule has 1 saturated heterocycles. The van der Waals surface area contributed by atoms with Crippen molar-refractivity contribution in [3.05, 3.63) is 18.2 Å². The van der Waals surface area contributed by atoms with E-state index in [0.29, 0.717) is 24.6 Å². The highest BCUT2D eigenvalue weighted by Gasteiger charge is 2.21. The molecule has 1 aliphatic heterocycles. The molecule has 134 valence electrons. The number of carbonyl (C=O) groups excluding carboxylic acids is 1. The average molecular weight is 356 g/mol. The van der Waals surface area contributed by atoms with Gasteiger partial charge >= 0.3 is 0 Å². The van der Waals surface area contributed by atoms with Gasteiger partial charge in [0.05, 0.1) is 25.7 Å². The Labute approximate surface area is 143 Å². The Hall–Kier alpha value is -1.80. The van der Waals surface area contributed by atoms with Crippen LogP contribution < -0.4 is 14.2 Å². The number of likely N-dealkylation sites (tertiary alicyclic amines) is 1. The third-order valence-electron chi connectivity index (χ3n) is 4.04. The summed E-state index contributed by atoms with van der Waals surface area (Å²) >= 11 is 0. The largest absolute Gasteiger partial charge is 0.493 e. The highest BCUT2D eigenvalue weighted by Crippen LogP contribution is 2.29. The maximum absolute atomic E-state index is 12.4. The average Bonchev–Trinajstić information content (AvgIpc) is 2.88. The van der Waals surface area contributed by atoms with Crippen LogP contribution in [-0.4, -0.2) is 53.1 Å². The lowest BCUT2D eigenvalue weighted by atomic mass is 10.2. The van der Waals surface area contributed by atoms with E-state index in [9.17, 15) is 13.2 Å². The summed E-state index contributed by atoms with van der Waals surface area (Å²) in [5, 5.41) is 0. The van der Waals surface area contributed by atoms with E-state index < -0.39 is 10.0 Å². The molecule has 1 fully saturated rings. The minimum atomic E-state index is -3.79. The molecule has 0 atom stereocenters. The minimum absolute atomic E-state index is 0.0313. The molecule has 0 unspecified atom stereocenters. The minimum Gasteiger partial charge on any atom is -0.493 e. The van der Waals surface area contributed by atoms with Crippen molar-refractivity contribution in [2.75, 3.05) is 33.9 Å². The molecule has 7 nitrogen and oxygen atoms in total. The smallest absolute Gasteiger partial charge is 0.241 e. The Kier molecular flexibility index (Phi) is 6.44. The highest BCUT2D eigenvalue weighted by atomic mass is 32.2. The van der Waals surface area contributed by atoms with Crippen molar-refractivity contribution in [3.63, 3.8) is 0 Å². The number of ether oxygens (including phenoxy) is 2. The topological polar surface area (TPSA) is 84.9 Å². The lowest BCUT2D eigenvalue weighted by molar-refractivity contribution is -0.129. The van der Waals surface area contributed by atoms with Crippen LogP contribution in [0.3, 0.4) is 0 Å². The third-order valence-corrected chi connectivity index (χ3v) is 5.44. The molecular weight excluding hydrogens is 332 g/mol. The summed E-state index contributed by atoms with van der Waals surface area (Å²) in [5.41, 5.74) is 0. The molecule has 0 radical (unpaired) electrons. The molecule has 0 bridgehead atoms. The van der Waals surface area contributed by atoms with Gasteiger partial charge in [-0.3, -0.25) is 4.79 Å². The zero-order valence-electron chi connectivity index (χ0n) is 14.1. The second kappa shape index (κ2) is 8.34. The molecule has 0 aromatic heterocycles. The molecule has 1 N–H and O–H groups in total. The number of sulfonamides is 1. The number of rotatable bonds is 6. The number of nitrogens with zero attached hydrogens (tertiary/aromatic N) is 1. The number of methoxy groups -OCH3 is 2. The zero-order valence-corrected chi connectivity index (χ0v) is 14.9. The predicted molar refractivity (Wildman–Crippen MR) is 89.8 cm³/mol. The first-order valence-electron chi connectivity index (χ1n) is 7.97. The first-order chi connectivity index (χ1) is 11.5. The zero-order chi connectivity index (χ0) is 17.6. The van der Waals surface area contributed by atoms with Crippen molar-refractivity contribution in [1.82, 2.24) is 9.62 Å². The summed E-state index contributed by atoms with van der Waals surface area (Å²) in [6, 6.07) is 4.31. The number of benzene rings is 1. The van der Waals surface area contributed by atoms with Gasteiger partial charge in [-0.2, -0.15) is 0 Å². The second-order valence-electron chi connectivity index (χ2n) is 5.64. The first kappa shape index (κ1) is 18.5. The normalized spacial score (nSPS) is 15.7. The molecule has 1 aromatic rings. The van der Waals surface area contributed by atoms with Gasteiger partial charge in [0.15, 0.2) is 11.5 Å². The Morgan fingerprint density at radius 3 is 2.29 bits per heavy atom. The van der Waals surface area contributed by atoms with Crippen LogP contribution >= 0.6 is 0 Å². The van der Waals surface area contributed by atoms with Crippen molar-refractivity contribution in [2.45, 2.75) is 30.6 Å². The predicted octanol–water partition coefficient (Wildman–Crippen LogP) is 1.38. The van der Waals surface area contributed by atoms with Crippen LogP contribution in [0, 0.1) is 0 Å². The monoisotopic (exact) mass is 356 g/mol. The summed E-state index contributed by atoms with van der Waals surface area (Å²) in [4.78, 5) is 14.0. The Morgan fingerprint density at radius 1 is 1.08 bits per heavy atom. The van der Waals surface area contributed by atoms with Crippen LogP contribution in [0.2, 0.25) is 0 Å². The molecule has 1 heterocycles. The van der Waals surface area contributed by atoms with Crippen molar-refractivity contribution in [3.8, 4) is 11.5 Å². The second-order valence-corrected chi connectivity index (χ2v) is 7.40. The summed E-state index contributed by atoms with van der Waals surface area (Å²) in [6.07, 6.45) is 4.16. The fourth-order valence-electron chi connectivity index (χ4n) is 2.66. The summed E-state index contributed by atoms with van der Waals surface area (Å²) in [7, 11) is -0.882. The van der Waals surface area contributed by atoms with Crippen LogP contribution in [0.5, 0.6) is 11.5 Å². The number of carbonyl (C=O) groups is 1. The van der Waals surface area contributed by atoms with E-state index in [4.69, 9.17) is 9.47 Å². The van der Waals surface area contributed by atoms with Crippen LogP contribution in [0.4, 0.5) is 0 Å². The summed E-state index contributed by atoms with van der Waals surface area (Å²) in [6.45, 7) is 1.14. The lowest BCUT2D eigenvalue weighted by Crippen LogP contribution is -2.40. The summed E-state index contributed by atoms with van der Waals surface area (Å²) < 4.78 is 37.3. The van der Waals surface area contributed by atoms with Crippen LogP contribution in [0.25, 0.3) is 0 Å². The van der Waals surface area contributed by atoms with E-state index in [1.807, 2.05) is 0 Å². The number of nitrogens with one attached hydrogen (secondary N) is 1.